The highest BCUT2D eigenvalue weighted by Gasteiger charge is 2.27. The van der Waals surface area contributed by atoms with Crippen molar-refractivity contribution in [3.8, 4) is 11.5 Å². The van der Waals surface area contributed by atoms with E-state index in [1.807, 2.05) is 24.3 Å². The molecule has 0 unspecified atom stereocenters. The van der Waals surface area contributed by atoms with E-state index in [4.69, 9.17) is 28.4 Å². The van der Waals surface area contributed by atoms with E-state index in [1.165, 1.54) is 13.8 Å². The molecular formula is C33H38Br4N2O10. The first kappa shape index (κ1) is 42.1. The Balaban J connectivity index is 1.89. The van der Waals surface area contributed by atoms with Crippen LogP contribution in [0.4, 0.5) is 9.59 Å². The number of hydrogen-bond acceptors (Lipinski definition) is 10. The molecule has 0 saturated carbocycles. The summed E-state index contributed by atoms with van der Waals surface area (Å²) < 4.78 is 34.6. The molecule has 0 atom stereocenters. The average molecular weight is 942 g/mol. The van der Waals surface area contributed by atoms with Crippen LogP contribution >= 0.6 is 63.7 Å². The largest absolute Gasteiger partial charge is 0.488 e. The van der Waals surface area contributed by atoms with E-state index in [-0.39, 0.29) is 63.9 Å². The van der Waals surface area contributed by atoms with Gasteiger partial charge in [0, 0.05) is 16.6 Å². The summed E-state index contributed by atoms with van der Waals surface area (Å²) >= 11 is 14.4. The van der Waals surface area contributed by atoms with Crippen LogP contribution < -0.4 is 20.1 Å². The molecular weight excluding hydrogens is 904 g/mol. The lowest BCUT2D eigenvalue weighted by Crippen LogP contribution is -2.29. The van der Waals surface area contributed by atoms with Gasteiger partial charge in [0.15, 0.2) is 0 Å². The molecule has 268 valence electrons. The molecule has 16 heteroatoms. The van der Waals surface area contributed by atoms with Crippen LogP contribution in [0.1, 0.15) is 38.8 Å². The van der Waals surface area contributed by atoms with Gasteiger partial charge in [-0.3, -0.25) is 0 Å². The van der Waals surface area contributed by atoms with Gasteiger partial charge in [0.05, 0.1) is 31.0 Å². The number of nitrogens with one attached hydrogen (secondary N) is 2. The van der Waals surface area contributed by atoms with Crippen LogP contribution in [0.25, 0.3) is 0 Å². The Labute approximate surface area is 319 Å². The van der Waals surface area contributed by atoms with Gasteiger partial charge < -0.3 is 39.1 Å². The summed E-state index contributed by atoms with van der Waals surface area (Å²) in [5.74, 6) is 0.0357. The predicted molar refractivity (Wildman–Crippen MR) is 197 cm³/mol. The molecule has 0 aromatic heterocycles. The van der Waals surface area contributed by atoms with Crippen molar-refractivity contribution in [3.63, 3.8) is 0 Å². The summed E-state index contributed by atoms with van der Waals surface area (Å²) in [6.07, 6.45) is -1.32. The first-order valence-corrected chi connectivity index (χ1v) is 17.9. The van der Waals surface area contributed by atoms with Gasteiger partial charge in [-0.05, 0) is 113 Å². The van der Waals surface area contributed by atoms with Crippen LogP contribution in [-0.4, -0.2) is 76.9 Å². The van der Waals surface area contributed by atoms with E-state index in [1.54, 1.807) is 0 Å². The van der Waals surface area contributed by atoms with Crippen molar-refractivity contribution >= 4 is 87.8 Å². The van der Waals surface area contributed by atoms with Crippen LogP contribution in [0.15, 0.2) is 66.5 Å². The molecule has 2 amide bonds. The van der Waals surface area contributed by atoms with Gasteiger partial charge >= 0.3 is 24.1 Å². The minimum absolute atomic E-state index is 0.00348. The third kappa shape index (κ3) is 14.0. The molecule has 2 aromatic carbocycles. The van der Waals surface area contributed by atoms with Gasteiger partial charge in [0.1, 0.15) is 51.1 Å². The van der Waals surface area contributed by atoms with Crippen molar-refractivity contribution in [3.05, 3.63) is 77.6 Å². The maximum absolute atomic E-state index is 11.9. The number of halogens is 4. The molecule has 0 radical (unpaired) electrons. The van der Waals surface area contributed by atoms with Crippen LogP contribution in [0.5, 0.6) is 11.5 Å². The first-order chi connectivity index (χ1) is 23.0. The second-order valence-electron chi connectivity index (χ2n) is 10.8. The Kier molecular flexibility index (Phi) is 17.7. The van der Waals surface area contributed by atoms with Gasteiger partial charge in [-0.2, -0.15) is 0 Å². The van der Waals surface area contributed by atoms with E-state index < -0.39 is 29.5 Å². The number of esters is 2. The van der Waals surface area contributed by atoms with Gasteiger partial charge in [-0.15, -0.1) is 0 Å². The summed E-state index contributed by atoms with van der Waals surface area (Å²) in [4.78, 5) is 46.5. The Morgan fingerprint density at radius 3 is 1.22 bits per heavy atom. The number of benzene rings is 2. The smallest absolute Gasteiger partial charge is 0.407 e. The van der Waals surface area contributed by atoms with Gasteiger partial charge in [-0.25, -0.2) is 19.2 Å². The lowest BCUT2D eigenvalue weighted by atomic mass is 9.78. The lowest BCUT2D eigenvalue weighted by Gasteiger charge is -2.28. The second-order valence-corrected chi connectivity index (χ2v) is 14.2. The zero-order chi connectivity index (χ0) is 36.7. The van der Waals surface area contributed by atoms with Gasteiger partial charge in [0.25, 0.3) is 0 Å². The molecule has 12 nitrogen and oxygen atoms in total. The SMILES string of the molecule is C=C(C)C(=O)OCCNC(=O)OCCOc1c(Br)cc(C(C)(C)c2cc(Br)c(OCCOC(=O)NCCOC(=O)C(=C)C)c(Br)c2)cc1Br. The summed E-state index contributed by atoms with van der Waals surface area (Å²) in [7, 11) is 0. The molecule has 2 N–H and O–H groups in total. The monoisotopic (exact) mass is 938 g/mol. The minimum Gasteiger partial charge on any atom is -0.488 e. The van der Waals surface area contributed by atoms with Crippen molar-refractivity contribution in [2.45, 2.75) is 33.1 Å². The van der Waals surface area contributed by atoms with Crippen LogP contribution in [0.3, 0.4) is 0 Å². The molecule has 0 fully saturated rings. The highest BCUT2D eigenvalue weighted by molar-refractivity contribution is 9.11. The summed E-state index contributed by atoms with van der Waals surface area (Å²) in [5.41, 5.74) is 2.04. The van der Waals surface area contributed by atoms with Crippen LogP contribution in [0, 0.1) is 0 Å². The fourth-order valence-corrected chi connectivity index (χ4v) is 6.61. The summed E-state index contributed by atoms with van der Waals surface area (Å²) in [6, 6.07) is 7.83. The molecule has 2 rings (SSSR count). The maximum Gasteiger partial charge on any atom is 0.407 e. The van der Waals surface area contributed by atoms with Crippen LogP contribution in [-0.2, 0) is 34.0 Å². The normalized spacial score (nSPS) is 10.8. The molecule has 2 aromatic rings. The van der Waals surface area contributed by atoms with Crippen molar-refractivity contribution in [1.82, 2.24) is 10.6 Å². The van der Waals surface area contributed by atoms with Crippen molar-refractivity contribution in [2.75, 3.05) is 52.7 Å². The Bertz CT molecular complexity index is 1390. The second kappa shape index (κ2) is 20.6. The van der Waals surface area contributed by atoms with E-state index >= 15 is 0 Å². The van der Waals surface area contributed by atoms with Crippen molar-refractivity contribution in [1.29, 1.82) is 0 Å². The molecule has 49 heavy (non-hydrogen) atoms. The molecule has 0 aliphatic carbocycles. The van der Waals surface area contributed by atoms with E-state index in [2.05, 4.69) is 101 Å². The molecule has 0 saturated heterocycles. The predicted octanol–water partition coefficient (Wildman–Crippen LogP) is 7.51. The molecule has 0 aliphatic heterocycles. The number of hydrogen-bond donors (Lipinski definition) is 2. The Hall–Kier alpha value is -3.08. The fraction of sp³-hybridized carbons (Fsp3) is 0.394. The first-order valence-electron chi connectivity index (χ1n) is 14.8. The molecule has 0 bridgehead atoms. The fourth-order valence-electron chi connectivity index (χ4n) is 3.78. The average Bonchev–Trinajstić information content (AvgIpc) is 3.02. The number of ether oxygens (including phenoxy) is 6. The Morgan fingerprint density at radius 2 is 0.918 bits per heavy atom. The maximum atomic E-state index is 11.9. The Morgan fingerprint density at radius 1 is 0.592 bits per heavy atom. The molecule has 0 aliphatic rings. The highest BCUT2D eigenvalue weighted by atomic mass is 79.9. The third-order valence-electron chi connectivity index (χ3n) is 6.47. The number of amides is 2. The quantitative estimate of drug-likeness (QED) is 0.0667. The van der Waals surface area contributed by atoms with E-state index in [0.29, 0.717) is 29.4 Å². The van der Waals surface area contributed by atoms with Crippen molar-refractivity contribution < 1.29 is 47.6 Å². The van der Waals surface area contributed by atoms with Crippen molar-refractivity contribution in [2.24, 2.45) is 0 Å². The number of rotatable bonds is 18. The lowest BCUT2D eigenvalue weighted by molar-refractivity contribution is -0.139. The summed E-state index contributed by atoms with van der Waals surface area (Å²) in [6.45, 7) is 14.6. The van der Waals surface area contributed by atoms with Gasteiger partial charge in [-0.1, -0.05) is 27.0 Å². The standard InChI is InChI=1S/C33H38Br4N2O10/c1-19(2)29(40)46-9-7-38-31(42)48-13-11-44-27-23(34)15-21(16-24(27)35)33(5,6)22-17-25(36)28(26(37)18-22)45-12-14-49-32(43)39-8-10-47-30(41)20(3)4/h15-18H,1,3,7-14H2,2,4-6H3,(H,38,42)(H,39,43). The highest BCUT2D eigenvalue weighted by Crippen LogP contribution is 2.44. The number of alkyl carbamates (subject to hydrolysis) is 2. The number of carbonyl (C=O) groups is 4. The zero-order valence-electron chi connectivity index (χ0n) is 27.5. The number of carbonyl (C=O) groups excluding carboxylic acids is 4. The molecule has 0 spiro atoms. The minimum atomic E-state index is -0.660. The third-order valence-corrected chi connectivity index (χ3v) is 8.83. The summed E-state index contributed by atoms with van der Waals surface area (Å²) in [5, 5.41) is 4.98. The van der Waals surface area contributed by atoms with Gasteiger partial charge in [0.2, 0.25) is 0 Å². The topological polar surface area (TPSA) is 148 Å². The van der Waals surface area contributed by atoms with Crippen LogP contribution in [0.2, 0.25) is 0 Å². The molecule has 0 heterocycles. The zero-order valence-corrected chi connectivity index (χ0v) is 33.8. The van der Waals surface area contributed by atoms with E-state index in [0.717, 1.165) is 11.1 Å². The van der Waals surface area contributed by atoms with E-state index in [9.17, 15) is 19.2 Å².